The lowest BCUT2D eigenvalue weighted by Crippen LogP contribution is -2.16. The summed E-state index contributed by atoms with van der Waals surface area (Å²) in [4.78, 5) is 11.1. The normalized spacial score (nSPS) is 11.4. The van der Waals surface area contributed by atoms with Gasteiger partial charge in [0.15, 0.2) is 0 Å². The number of anilines is 1. The number of benzene rings is 3. The van der Waals surface area contributed by atoms with Crippen LogP contribution in [0.1, 0.15) is 10.4 Å². The first-order chi connectivity index (χ1) is 11.4. The highest BCUT2D eigenvalue weighted by atomic mass is 32.2. The Balaban J connectivity index is 2.05. The highest BCUT2D eigenvalue weighted by Gasteiger charge is 2.21. The number of carbonyl (C=O) groups is 1. The predicted octanol–water partition coefficient (Wildman–Crippen LogP) is 3.48. The minimum atomic E-state index is -4.06. The van der Waals surface area contributed by atoms with Crippen LogP contribution in [0.2, 0.25) is 0 Å². The number of halogens is 1. The van der Waals surface area contributed by atoms with Crippen LogP contribution in [0.4, 0.5) is 10.1 Å². The third-order valence-corrected chi connectivity index (χ3v) is 4.87. The molecule has 0 aliphatic rings. The molecule has 3 aromatic rings. The third-order valence-electron chi connectivity index (χ3n) is 3.50. The average molecular weight is 345 g/mol. The van der Waals surface area contributed by atoms with E-state index in [0.717, 1.165) is 16.8 Å². The first-order valence-corrected chi connectivity index (χ1v) is 8.40. The van der Waals surface area contributed by atoms with Gasteiger partial charge in [0.2, 0.25) is 0 Å². The van der Waals surface area contributed by atoms with Crippen molar-refractivity contribution in [2.45, 2.75) is 4.90 Å². The van der Waals surface area contributed by atoms with Crippen molar-refractivity contribution in [2.24, 2.45) is 0 Å². The molecule has 5 nitrogen and oxygen atoms in total. The van der Waals surface area contributed by atoms with Crippen molar-refractivity contribution in [3.63, 3.8) is 0 Å². The fourth-order valence-electron chi connectivity index (χ4n) is 2.36. The zero-order chi connectivity index (χ0) is 17.3. The molecule has 0 unspecified atom stereocenters. The minimum Gasteiger partial charge on any atom is -0.478 e. The summed E-state index contributed by atoms with van der Waals surface area (Å²) in [6.45, 7) is 0. The van der Waals surface area contributed by atoms with Gasteiger partial charge >= 0.3 is 5.97 Å². The Labute approximate surface area is 137 Å². The summed E-state index contributed by atoms with van der Waals surface area (Å²) in [5, 5.41) is 10.7. The van der Waals surface area contributed by atoms with Crippen molar-refractivity contribution in [1.82, 2.24) is 0 Å². The van der Waals surface area contributed by atoms with E-state index < -0.39 is 27.4 Å². The molecule has 0 radical (unpaired) electrons. The van der Waals surface area contributed by atoms with Crippen molar-refractivity contribution in [3.05, 3.63) is 72.0 Å². The molecular weight excluding hydrogens is 333 g/mol. The molecule has 0 fully saturated rings. The molecule has 0 aromatic heterocycles. The third kappa shape index (κ3) is 2.93. The zero-order valence-corrected chi connectivity index (χ0v) is 13.0. The molecule has 7 heteroatoms. The average Bonchev–Trinajstić information content (AvgIpc) is 2.53. The van der Waals surface area contributed by atoms with Crippen LogP contribution in [0.3, 0.4) is 0 Å². The summed E-state index contributed by atoms with van der Waals surface area (Å²) in [5.74, 6) is -2.56. The SMILES string of the molecule is O=C(O)c1c(F)cccc1NS(=O)(=O)c1ccc2ccccc2c1. The van der Waals surface area contributed by atoms with Gasteiger partial charge in [0.25, 0.3) is 10.0 Å². The molecule has 0 aliphatic carbocycles. The molecule has 0 aliphatic heterocycles. The number of hydrogen-bond donors (Lipinski definition) is 2. The second-order valence-corrected chi connectivity index (χ2v) is 6.76. The van der Waals surface area contributed by atoms with Crippen LogP contribution in [-0.4, -0.2) is 19.5 Å². The molecule has 3 aromatic carbocycles. The van der Waals surface area contributed by atoms with Crippen LogP contribution < -0.4 is 4.72 Å². The molecule has 0 saturated heterocycles. The fraction of sp³-hybridized carbons (Fsp3) is 0. The van der Waals surface area contributed by atoms with E-state index in [4.69, 9.17) is 5.11 Å². The maximum Gasteiger partial charge on any atom is 0.340 e. The molecule has 122 valence electrons. The molecule has 3 rings (SSSR count). The van der Waals surface area contributed by atoms with E-state index in [0.29, 0.717) is 0 Å². The van der Waals surface area contributed by atoms with E-state index in [2.05, 4.69) is 4.72 Å². The van der Waals surface area contributed by atoms with Crippen LogP contribution in [0.15, 0.2) is 65.6 Å². The monoisotopic (exact) mass is 345 g/mol. The molecule has 0 atom stereocenters. The van der Waals surface area contributed by atoms with E-state index in [1.165, 1.54) is 24.3 Å². The number of aromatic carboxylic acids is 1. The number of fused-ring (bicyclic) bond motifs is 1. The Hall–Kier alpha value is -2.93. The van der Waals surface area contributed by atoms with Gasteiger partial charge in [-0.2, -0.15) is 0 Å². The summed E-state index contributed by atoms with van der Waals surface area (Å²) in [6, 6.07) is 15.1. The van der Waals surface area contributed by atoms with Crippen LogP contribution >= 0.6 is 0 Å². The van der Waals surface area contributed by atoms with Gasteiger partial charge in [-0.15, -0.1) is 0 Å². The highest BCUT2D eigenvalue weighted by molar-refractivity contribution is 7.92. The quantitative estimate of drug-likeness (QED) is 0.758. The lowest BCUT2D eigenvalue weighted by atomic mass is 10.1. The van der Waals surface area contributed by atoms with Crippen LogP contribution in [0, 0.1) is 5.82 Å². The van der Waals surface area contributed by atoms with Crippen molar-refractivity contribution in [2.75, 3.05) is 4.72 Å². The summed E-state index contributed by atoms with van der Waals surface area (Å²) < 4.78 is 40.8. The summed E-state index contributed by atoms with van der Waals surface area (Å²) in [6.07, 6.45) is 0. The zero-order valence-electron chi connectivity index (χ0n) is 12.2. The first-order valence-electron chi connectivity index (χ1n) is 6.92. The topological polar surface area (TPSA) is 83.5 Å². The van der Waals surface area contributed by atoms with Gasteiger partial charge in [0.05, 0.1) is 10.6 Å². The molecular formula is C17H12FNO4S. The maximum atomic E-state index is 13.7. The predicted molar refractivity (Wildman–Crippen MR) is 88.1 cm³/mol. The lowest BCUT2D eigenvalue weighted by molar-refractivity contribution is 0.0693. The largest absolute Gasteiger partial charge is 0.478 e. The van der Waals surface area contributed by atoms with Gasteiger partial charge in [-0.05, 0) is 35.0 Å². The van der Waals surface area contributed by atoms with E-state index in [9.17, 15) is 17.6 Å². The molecule has 0 amide bonds. The fourth-order valence-corrected chi connectivity index (χ4v) is 3.47. The standard InChI is InChI=1S/C17H12FNO4S/c18-14-6-3-7-15(16(14)17(20)21)19-24(22,23)13-9-8-11-4-1-2-5-12(11)10-13/h1-10,19H,(H,20,21). The van der Waals surface area contributed by atoms with Crippen LogP contribution in [0.5, 0.6) is 0 Å². The molecule has 2 N–H and O–H groups in total. The molecule has 0 bridgehead atoms. The van der Waals surface area contributed by atoms with E-state index >= 15 is 0 Å². The van der Waals surface area contributed by atoms with E-state index in [1.54, 1.807) is 18.2 Å². The van der Waals surface area contributed by atoms with Crippen LogP contribution in [0.25, 0.3) is 10.8 Å². The number of sulfonamides is 1. The second-order valence-electron chi connectivity index (χ2n) is 5.08. The van der Waals surface area contributed by atoms with Crippen LogP contribution in [-0.2, 0) is 10.0 Å². The molecule has 0 saturated carbocycles. The molecule has 0 spiro atoms. The van der Waals surface area contributed by atoms with Gasteiger partial charge < -0.3 is 5.11 Å². The van der Waals surface area contributed by atoms with Gasteiger partial charge in [-0.1, -0.05) is 36.4 Å². The number of nitrogens with one attached hydrogen (secondary N) is 1. The van der Waals surface area contributed by atoms with Crippen molar-refractivity contribution in [1.29, 1.82) is 0 Å². The minimum absolute atomic E-state index is 0.0400. The number of hydrogen-bond acceptors (Lipinski definition) is 3. The summed E-state index contributed by atoms with van der Waals surface area (Å²) in [7, 11) is -4.06. The lowest BCUT2D eigenvalue weighted by Gasteiger charge is -2.11. The Kier molecular flexibility index (Phi) is 3.94. The summed E-state index contributed by atoms with van der Waals surface area (Å²) in [5.41, 5.74) is -1.04. The Morgan fingerprint density at radius 2 is 1.67 bits per heavy atom. The second kappa shape index (κ2) is 5.93. The molecule has 24 heavy (non-hydrogen) atoms. The summed E-state index contributed by atoms with van der Waals surface area (Å²) >= 11 is 0. The first kappa shape index (κ1) is 15.9. The number of rotatable bonds is 4. The van der Waals surface area contributed by atoms with E-state index in [-0.39, 0.29) is 10.6 Å². The van der Waals surface area contributed by atoms with Crippen molar-refractivity contribution >= 4 is 32.5 Å². The Bertz CT molecular complexity index is 1050. The Morgan fingerprint density at radius 3 is 2.38 bits per heavy atom. The van der Waals surface area contributed by atoms with Gasteiger partial charge in [0.1, 0.15) is 11.4 Å². The molecule has 0 heterocycles. The smallest absolute Gasteiger partial charge is 0.340 e. The van der Waals surface area contributed by atoms with E-state index in [1.807, 2.05) is 12.1 Å². The maximum absolute atomic E-state index is 13.7. The van der Waals surface area contributed by atoms with Crippen molar-refractivity contribution < 1.29 is 22.7 Å². The number of carboxylic acids is 1. The Morgan fingerprint density at radius 1 is 0.958 bits per heavy atom. The number of carboxylic acid groups (broad SMARTS) is 1. The van der Waals surface area contributed by atoms with Gasteiger partial charge in [0, 0.05) is 0 Å². The van der Waals surface area contributed by atoms with Gasteiger partial charge in [-0.3, -0.25) is 4.72 Å². The highest BCUT2D eigenvalue weighted by Crippen LogP contribution is 2.24. The van der Waals surface area contributed by atoms with Gasteiger partial charge in [-0.25, -0.2) is 17.6 Å². The van der Waals surface area contributed by atoms with Crippen molar-refractivity contribution in [3.8, 4) is 0 Å².